The monoisotopic (exact) mass is 313 g/mol. The van der Waals surface area contributed by atoms with E-state index in [1.807, 2.05) is 68.4 Å². The van der Waals surface area contributed by atoms with Crippen LogP contribution in [-0.2, 0) is 14.3 Å². The van der Waals surface area contributed by atoms with Crippen LogP contribution in [0.5, 0.6) is 0 Å². The molecule has 0 unspecified atom stereocenters. The quantitative estimate of drug-likeness (QED) is 0.795. The Morgan fingerprint density at radius 2 is 1.70 bits per heavy atom. The van der Waals surface area contributed by atoms with Crippen LogP contribution in [0.1, 0.15) is 35.8 Å². The molecule has 0 saturated heterocycles. The fourth-order valence-electron chi connectivity index (χ4n) is 2.31. The Labute approximate surface area is 137 Å². The third kappa shape index (κ3) is 4.91. The Morgan fingerprint density at radius 3 is 2.30 bits per heavy atom. The van der Waals surface area contributed by atoms with Gasteiger partial charge in [0.2, 0.25) is 0 Å². The zero-order chi connectivity index (χ0) is 16.7. The summed E-state index contributed by atoms with van der Waals surface area (Å²) in [5.41, 5.74) is 3.00. The maximum absolute atomic E-state index is 12.6. The fourth-order valence-corrected chi connectivity index (χ4v) is 2.31. The molecule has 0 aromatic heterocycles. The number of aryl methyl sites for hydroxylation is 1. The van der Waals surface area contributed by atoms with E-state index >= 15 is 0 Å². The van der Waals surface area contributed by atoms with E-state index in [0.717, 1.165) is 16.7 Å². The van der Waals surface area contributed by atoms with Crippen LogP contribution < -0.4 is 5.32 Å². The highest BCUT2D eigenvalue weighted by Crippen LogP contribution is 2.20. The average molecular weight is 313 g/mol. The van der Waals surface area contributed by atoms with E-state index in [1.165, 1.54) is 7.11 Å². The second-order valence-electron chi connectivity index (χ2n) is 5.50. The number of amides is 1. The van der Waals surface area contributed by atoms with Crippen LogP contribution in [0.15, 0.2) is 54.6 Å². The lowest BCUT2D eigenvalue weighted by Gasteiger charge is -2.21. The molecule has 0 aliphatic heterocycles. The molecule has 4 nitrogen and oxygen atoms in total. The van der Waals surface area contributed by atoms with E-state index in [2.05, 4.69) is 5.32 Å². The molecule has 0 aliphatic rings. The number of methoxy groups -OCH3 is 1. The van der Waals surface area contributed by atoms with Gasteiger partial charge in [0.25, 0.3) is 5.91 Å². The smallest absolute Gasteiger partial charge is 0.254 e. The van der Waals surface area contributed by atoms with Crippen LogP contribution in [0, 0.1) is 6.92 Å². The molecule has 2 atom stereocenters. The van der Waals surface area contributed by atoms with Gasteiger partial charge >= 0.3 is 0 Å². The maximum Gasteiger partial charge on any atom is 0.254 e. The average Bonchev–Trinajstić information content (AvgIpc) is 2.57. The lowest BCUT2D eigenvalue weighted by Crippen LogP contribution is -2.33. The van der Waals surface area contributed by atoms with Crippen LogP contribution >= 0.6 is 0 Å². The molecule has 2 aromatic carbocycles. The van der Waals surface area contributed by atoms with E-state index in [1.54, 1.807) is 0 Å². The first-order valence-corrected chi connectivity index (χ1v) is 7.64. The van der Waals surface area contributed by atoms with E-state index in [9.17, 15) is 4.79 Å². The lowest BCUT2D eigenvalue weighted by molar-refractivity contribution is -0.143. The third-order valence-electron chi connectivity index (χ3n) is 3.63. The van der Waals surface area contributed by atoms with Crippen molar-refractivity contribution in [3.63, 3.8) is 0 Å². The van der Waals surface area contributed by atoms with Crippen LogP contribution in [0.25, 0.3) is 0 Å². The van der Waals surface area contributed by atoms with E-state index in [4.69, 9.17) is 9.47 Å². The molecule has 23 heavy (non-hydrogen) atoms. The summed E-state index contributed by atoms with van der Waals surface area (Å²) in [5, 5.41) is 3.00. The zero-order valence-electron chi connectivity index (χ0n) is 13.8. The lowest BCUT2D eigenvalue weighted by atomic mass is 10.0. The van der Waals surface area contributed by atoms with Crippen molar-refractivity contribution in [2.75, 3.05) is 13.9 Å². The second-order valence-corrected chi connectivity index (χ2v) is 5.50. The summed E-state index contributed by atoms with van der Waals surface area (Å²) in [7, 11) is 1.54. The fraction of sp³-hybridized carbons (Fsp3) is 0.316. The molecule has 2 rings (SSSR count). The Kier molecular flexibility index (Phi) is 6.32. The summed E-state index contributed by atoms with van der Waals surface area (Å²) in [6.45, 7) is 4.02. The molecule has 2 aromatic rings. The van der Waals surface area contributed by atoms with Gasteiger partial charge in [-0.2, -0.15) is 0 Å². The van der Waals surface area contributed by atoms with Gasteiger partial charge in [-0.1, -0.05) is 60.2 Å². The number of carbonyl (C=O) groups excluding carboxylic acids is 1. The molecule has 0 spiro atoms. The normalized spacial score (nSPS) is 13.3. The van der Waals surface area contributed by atoms with Crippen molar-refractivity contribution in [3.8, 4) is 0 Å². The molecule has 1 N–H and O–H groups in total. The van der Waals surface area contributed by atoms with Crippen molar-refractivity contribution in [2.24, 2.45) is 0 Å². The minimum atomic E-state index is -0.693. The van der Waals surface area contributed by atoms with Gasteiger partial charge in [0.1, 0.15) is 6.79 Å². The summed E-state index contributed by atoms with van der Waals surface area (Å²) in [5.74, 6) is -0.178. The number of rotatable bonds is 7. The Hall–Kier alpha value is -2.17. The van der Waals surface area contributed by atoms with Crippen LogP contribution in [0.2, 0.25) is 0 Å². The van der Waals surface area contributed by atoms with Gasteiger partial charge in [-0.15, -0.1) is 0 Å². The topological polar surface area (TPSA) is 47.6 Å². The molecule has 4 heteroatoms. The van der Waals surface area contributed by atoms with Crippen LogP contribution in [-0.4, -0.2) is 19.8 Å². The van der Waals surface area contributed by atoms with Crippen LogP contribution in [0.3, 0.4) is 0 Å². The molecule has 0 bridgehead atoms. The predicted molar refractivity (Wildman–Crippen MR) is 89.9 cm³/mol. The highest BCUT2D eigenvalue weighted by atomic mass is 16.7. The van der Waals surface area contributed by atoms with Crippen molar-refractivity contribution in [1.82, 2.24) is 5.32 Å². The second kappa shape index (κ2) is 8.46. The molecule has 0 heterocycles. The van der Waals surface area contributed by atoms with E-state index < -0.39 is 6.10 Å². The largest absolute Gasteiger partial charge is 0.359 e. The van der Waals surface area contributed by atoms with Crippen molar-refractivity contribution < 1.29 is 14.3 Å². The van der Waals surface area contributed by atoms with Gasteiger partial charge in [-0.05, 0) is 25.0 Å². The molecule has 0 fully saturated rings. The molecule has 0 radical (unpaired) electrons. The first-order valence-electron chi connectivity index (χ1n) is 7.64. The summed E-state index contributed by atoms with van der Waals surface area (Å²) >= 11 is 0. The summed E-state index contributed by atoms with van der Waals surface area (Å²) in [4.78, 5) is 12.6. The van der Waals surface area contributed by atoms with Gasteiger partial charge in [-0.3, -0.25) is 4.79 Å². The number of nitrogens with one attached hydrogen (secondary N) is 1. The molecule has 0 saturated carbocycles. The van der Waals surface area contributed by atoms with Gasteiger partial charge < -0.3 is 14.8 Å². The number of hydrogen-bond donors (Lipinski definition) is 1. The highest BCUT2D eigenvalue weighted by Gasteiger charge is 2.23. The SMILES string of the molecule is COCO[C@H](C(=O)N[C@@H](C)c1ccccc1)c1ccc(C)cc1. The third-order valence-corrected chi connectivity index (χ3v) is 3.63. The summed E-state index contributed by atoms with van der Waals surface area (Å²) in [6, 6.07) is 17.5. The Morgan fingerprint density at radius 1 is 1.04 bits per heavy atom. The number of benzene rings is 2. The van der Waals surface area contributed by atoms with Gasteiger partial charge in [-0.25, -0.2) is 0 Å². The zero-order valence-corrected chi connectivity index (χ0v) is 13.8. The van der Waals surface area contributed by atoms with Crippen molar-refractivity contribution in [1.29, 1.82) is 0 Å². The highest BCUT2D eigenvalue weighted by molar-refractivity contribution is 5.82. The first-order chi connectivity index (χ1) is 11.1. The molecular formula is C19H23NO3. The Balaban J connectivity index is 2.11. The summed E-state index contributed by atoms with van der Waals surface area (Å²) < 4.78 is 10.5. The van der Waals surface area contributed by atoms with Crippen molar-refractivity contribution in [2.45, 2.75) is 26.0 Å². The predicted octanol–water partition coefficient (Wildman–Crippen LogP) is 3.53. The first kappa shape index (κ1) is 17.2. The Bertz CT molecular complexity index is 610. The van der Waals surface area contributed by atoms with Crippen molar-refractivity contribution >= 4 is 5.91 Å². The molecule has 1 amide bonds. The van der Waals surface area contributed by atoms with Crippen molar-refractivity contribution in [3.05, 3.63) is 71.3 Å². The van der Waals surface area contributed by atoms with Gasteiger partial charge in [0, 0.05) is 7.11 Å². The minimum absolute atomic E-state index is 0.0612. The molecule has 122 valence electrons. The van der Waals surface area contributed by atoms with E-state index in [-0.39, 0.29) is 18.7 Å². The molecular weight excluding hydrogens is 290 g/mol. The number of hydrogen-bond acceptors (Lipinski definition) is 3. The number of ether oxygens (including phenoxy) is 2. The number of carbonyl (C=O) groups is 1. The minimum Gasteiger partial charge on any atom is -0.359 e. The van der Waals surface area contributed by atoms with Crippen LogP contribution in [0.4, 0.5) is 0 Å². The standard InChI is InChI=1S/C19H23NO3/c1-14-9-11-17(12-10-14)18(23-13-22-3)19(21)20-15(2)16-7-5-4-6-8-16/h4-12,15,18H,13H2,1-3H3,(H,20,21)/t15-,18-/m0/s1. The van der Waals surface area contributed by atoms with Gasteiger partial charge in [0.05, 0.1) is 6.04 Å². The molecule has 0 aliphatic carbocycles. The van der Waals surface area contributed by atoms with Gasteiger partial charge in [0.15, 0.2) is 6.10 Å². The summed E-state index contributed by atoms with van der Waals surface area (Å²) in [6.07, 6.45) is -0.693. The van der Waals surface area contributed by atoms with E-state index in [0.29, 0.717) is 0 Å². The maximum atomic E-state index is 12.6.